The van der Waals surface area contributed by atoms with Crippen LogP contribution in [-0.4, -0.2) is 37.8 Å². The summed E-state index contributed by atoms with van der Waals surface area (Å²) in [5.74, 6) is -1.25. The molecule has 4 aromatic rings. The predicted molar refractivity (Wildman–Crippen MR) is 113 cm³/mol. The summed E-state index contributed by atoms with van der Waals surface area (Å²) in [6.45, 7) is -0.317. The average Bonchev–Trinajstić information content (AvgIpc) is 3.33. The van der Waals surface area contributed by atoms with Crippen LogP contribution in [0.1, 0.15) is 22.0 Å². The SMILES string of the molecule is Nc1ncc(-c2cn[nH]c2)nc1-c1ccc(C(=O)N[C@H](CO)c2ccccc2)c(F)c1. The van der Waals surface area contributed by atoms with Gasteiger partial charge in [0.15, 0.2) is 0 Å². The summed E-state index contributed by atoms with van der Waals surface area (Å²) in [7, 11) is 0. The Kier molecular flexibility index (Phi) is 5.67. The van der Waals surface area contributed by atoms with Crippen molar-refractivity contribution in [2.24, 2.45) is 0 Å². The number of nitrogens with zero attached hydrogens (tertiary/aromatic N) is 3. The van der Waals surface area contributed by atoms with Gasteiger partial charge in [0.2, 0.25) is 0 Å². The number of nitrogens with one attached hydrogen (secondary N) is 2. The Morgan fingerprint density at radius 3 is 2.65 bits per heavy atom. The number of nitrogens with two attached hydrogens (primary N) is 1. The Labute approximate surface area is 177 Å². The molecular weight excluding hydrogens is 399 g/mol. The van der Waals surface area contributed by atoms with E-state index in [1.165, 1.54) is 18.3 Å². The van der Waals surface area contributed by atoms with E-state index in [1.807, 2.05) is 6.07 Å². The summed E-state index contributed by atoms with van der Waals surface area (Å²) >= 11 is 0. The van der Waals surface area contributed by atoms with Gasteiger partial charge in [-0.2, -0.15) is 5.10 Å². The van der Waals surface area contributed by atoms with Crippen LogP contribution in [0.3, 0.4) is 0 Å². The first-order valence-electron chi connectivity index (χ1n) is 9.45. The zero-order valence-electron chi connectivity index (χ0n) is 16.3. The van der Waals surface area contributed by atoms with Gasteiger partial charge < -0.3 is 16.2 Å². The molecule has 2 aromatic carbocycles. The molecule has 0 saturated carbocycles. The van der Waals surface area contributed by atoms with E-state index in [9.17, 15) is 14.3 Å². The monoisotopic (exact) mass is 418 g/mol. The van der Waals surface area contributed by atoms with Crippen molar-refractivity contribution in [1.82, 2.24) is 25.5 Å². The summed E-state index contributed by atoms with van der Waals surface area (Å²) in [5.41, 5.74) is 8.41. The van der Waals surface area contributed by atoms with Crippen molar-refractivity contribution in [3.05, 3.63) is 84.1 Å². The van der Waals surface area contributed by atoms with Crippen molar-refractivity contribution in [1.29, 1.82) is 0 Å². The van der Waals surface area contributed by atoms with Gasteiger partial charge in [-0.15, -0.1) is 0 Å². The number of nitrogen functional groups attached to an aromatic ring is 1. The van der Waals surface area contributed by atoms with Crippen LogP contribution in [0, 0.1) is 5.82 Å². The van der Waals surface area contributed by atoms with Crippen LogP contribution < -0.4 is 11.1 Å². The van der Waals surface area contributed by atoms with E-state index in [0.29, 0.717) is 22.5 Å². The molecule has 1 atom stereocenters. The maximum Gasteiger partial charge on any atom is 0.254 e. The van der Waals surface area contributed by atoms with Crippen molar-refractivity contribution in [2.45, 2.75) is 6.04 Å². The summed E-state index contributed by atoms with van der Waals surface area (Å²) in [6.07, 6.45) is 4.74. The van der Waals surface area contributed by atoms with Gasteiger partial charge in [-0.25, -0.2) is 14.4 Å². The number of carbonyl (C=O) groups excluding carboxylic acids is 1. The first kappa shape index (κ1) is 20.2. The highest BCUT2D eigenvalue weighted by Gasteiger charge is 2.19. The van der Waals surface area contributed by atoms with E-state index in [1.54, 1.807) is 42.7 Å². The molecule has 9 heteroatoms. The number of aliphatic hydroxyl groups excluding tert-OH is 1. The fourth-order valence-electron chi connectivity index (χ4n) is 3.14. The first-order valence-corrected chi connectivity index (χ1v) is 9.45. The van der Waals surface area contributed by atoms with E-state index in [4.69, 9.17) is 5.73 Å². The molecule has 0 radical (unpaired) electrons. The molecule has 31 heavy (non-hydrogen) atoms. The molecule has 0 saturated heterocycles. The van der Waals surface area contributed by atoms with Gasteiger partial charge in [0.05, 0.1) is 36.3 Å². The van der Waals surface area contributed by atoms with Crippen LogP contribution in [0.4, 0.5) is 10.2 Å². The molecule has 0 fully saturated rings. The normalized spacial score (nSPS) is 11.8. The molecule has 2 heterocycles. The largest absolute Gasteiger partial charge is 0.394 e. The standard InChI is InChI=1S/C22H19FN6O2/c23-17-8-14(20-21(24)25-11-18(28-20)15-9-26-27-10-15)6-7-16(17)22(31)29-19(12-30)13-4-2-1-3-5-13/h1-11,19,30H,12H2,(H2,24,25)(H,26,27)(H,29,31)/t19-/m1/s1. The molecule has 0 bridgehead atoms. The second-order valence-electron chi connectivity index (χ2n) is 6.79. The lowest BCUT2D eigenvalue weighted by Gasteiger charge is -2.17. The molecule has 0 aliphatic carbocycles. The molecule has 2 aromatic heterocycles. The fourth-order valence-corrected chi connectivity index (χ4v) is 3.14. The van der Waals surface area contributed by atoms with Crippen molar-refractivity contribution >= 4 is 11.7 Å². The number of carbonyl (C=O) groups is 1. The molecule has 8 nitrogen and oxygen atoms in total. The predicted octanol–water partition coefficient (Wildman–Crippen LogP) is 2.72. The third kappa shape index (κ3) is 4.26. The third-order valence-electron chi connectivity index (χ3n) is 4.77. The topological polar surface area (TPSA) is 130 Å². The number of aromatic nitrogens is 4. The van der Waals surface area contributed by atoms with Gasteiger partial charge in [0.1, 0.15) is 17.3 Å². The number of hydrogen-bond donors (Lipinski definition) is 4. The van der Waals surface area contributed by atoms with Crippen molar-refractivity contribution in [3.63, 3.8) is 0 Å². The minimum Gasteiger partial charge on any atom is -0.394 e. The van der Waals surface area contributed by atoms with Crippen molar-refractivity contribution < 1.29 is 14.3 Å². The van der Waals surface area contributed by atoms with Gasteiger partial charge in [-0.1, -0.05) is 36.4 Å². The van der Waals surface area contributed by atoms with E-state index in [0.717, 1.165) is 5.56 Å². The number of aliphatic hydroxyl groups is 1. The number of anilines is 1. The maximum absolute atomic E-state index is 14.8. The van der Waals surface area contributed by atoms with Crippen LogP contribution in [0.15, 0.2) is 67.1 Å². The quantitative estimate of drug-likeness (QED) is 0.381. The number of rotatable bonds is 6. The summed E-state index contributed by atoms with van der Waals surface area (Å²) in [4.78, 5) is 21.2. The molecule has 0 aliphatic heterocycles. The number of benzene rings is 2. The number of amides is 1. The summed E-state index contributed by atoms with van der Waals surface area (Å²) < 4.78 is 14.8. The Balaban J connectivity index is 1.60. The highest BCUT2D eigenvalue weighted by atomic mass is 19.1. The van der Waals surface area contributed by atoms with Gasteiger partial charge in [-0.05, 0) is 17.7 Å². The van der Waals surface area contributed by atoms with Gasteiger partial charge >= 0.3 is 0 Å². The van der Waals surface area contributed by atoms with Gasteiger partial charge in [0, 0.05) is 17.3 Å². The van der Waals surface area contributed by atoms with E-state index >= 15 is 0 Å². The van der Waals surface area contributed by atoms with Crippen LogP contribution in [0.2, 0.25) is 0 Å². The van der Waals surface area contributed by atoms with Crippen LogP contribution in [0.5, 0.6) is 0 Å². The molecule has 0 unspecified atom stereocenters. The number of hydrogen-bond acceptors (Lipinski definition) is 6. The summed E-state index contributed by atoms with van der Waals surface area (Å²) in [6, 6.07) is 12.4. The first-order chi connectivity index (χ1) is 15.1. The number of aromatic amines is 1. The second kappa shape index (κ2) is 8.72. The molecule has 4 rings (SSSR count). The molecule has 0 spiro atoms. The van der Waals surface area contributed by atoms with Crippen molar-refractivity contribution in [3.8, 4) is 22.5 Å². The highest BCUT2D eigenvalue weighted by Crippen LogP contribution is 2.27. The van der Waals surface area contributed by atoms with Crippen LogP contribution >= 0.6 is 0 Å². The van der Waals surface area contributed by atoms with E-state index in [-0.39, 0.29) is 18.0 Å². The molecule has 0 aliphatic rings. The molecular formula is C22H19FN6O2. The lowest BCUT2D eigenvalue weighted by Crippen LogP contribution is -2.31. The van der Waals surface area contributed by atoms with E-state index < -0.39 is 17.8 Å². The minimum absolute atomic E-state index is 0.133. The maximum atomic E-state index is 14.8. The lowest BCUT2D eigenvalue weighted by molar-refractivity contribution is 0.0912. The smallest absolute Gasteiger partial charge is 0.254 e. The summed E-state index contributed by atoms with van der Waals surface area (Å²) in [5, 5.41) is 18.8. The van der Waals surface area contributed by atoms with Crippen LogP contribution in [0.25, 0.3) is 22.5 Å². The van der Waals surface area contributed by atoms with E-state index in [2.05, 4.69) is 25.5 Å². The zero-order valence-corrected chi connectivity index (χ0v) is 16.3. The third-order valence-corrected chi connectivity index (χ3v) is 4.77. The fraction of sp³-hybridized carbons (Fsp3) is 0.0909. The Morgan fingerprint density at radius 2 is 1.97 bits per heavy atom. The Hall–Kier alpha value is -4.11. The zero-order chi connectivity index (χ0) is 21.8. The molecule has 5 N–H and O–H groups in total. The number of halogens is 1. The lowest BCUT2D eigenvalue weighted by atomic mass is 10.0. The minimum atomic E-state index is -0.741. The molecule has 156 valence electrons. The average molecular weight is 418 g/mol. The Bertz CT molecular complexity index is 1200. The molecule has 1 amide bonds. The highest BCUT2D eigenvalue weighted by molar-refractivity contribution is 5.95. The van der Waals surface area contributed by atoms with Crippen molar-refractivity contribution in [2.75, 3.05) is 12.3 Å². The van der Waals surface area contributed by atoms with Crippen LogP contribution in [-0.2, 0) is 0 Å². The number of H-pyrrole nitrogens is 1. The van der Waals surface area contributed by atoms with Gasteiger partial charge in [-0.3, -0.25) is 9.89 Å². The Morgan fingerprint density at radius 1 is 1.16 bits per heavy atom. The second-order valence-corrected chi connectivity index (χ2v) is 6.79. The van der Waals surface area contributed by atoms with Gasteiger partial charge in [0.25, 0.3) is 5.91 Å².